The van der Waals surface area contributed by atoms with Gasteiger partial charge in [-0.05, 0) is 67.5 Å². The minimum absolute atomic E-state index is 0.386. The van der Waals surface area contributed by atoms with Crippen molar-refractivity contribution in [2.45, 2.75) is 32.7 Å². The van der Waals surface area contributed by atoms with Crippen LogP contribution in [0.5, 0.6) is 5.75 Å². The molecule has 1 aliphatic rings. The molecule has 0 spiro atoms. The number of methoxy groups -OCH3 is 1. The van der Waals surface area contributed by atoms with E-state index in [9.17, 15) is 0 Å². The van der Waals surface area contributed by atoms with Gasteiger partial charge in [-0.2, -0.15) is 0 Å². The topological polar surface area (TPSA) is 37.7 Å². The maximum absolute atomic E-state index is 5.57. The van der Waals surface area contributed by atoms with E-state index in [2.05, 4.69) is 54.8 Å². The Morgan fingerprint density at radius 2 is 1.81 bits per heavy atom. The van der Waals surface area contributed by atoms with Gasteiger partial charge in [-0.1, -0.05) is 12.1 Å². The van der Waals surface area contributed by atoms with Crippen molar-refractivity contribution in [1.82, 2.24) is 5.32 Å². The fourth-order valence-electron chi connectivity index (χ4n) is 3.74. The summed E-state index contributed by atoms with van der Waals surface area (Å²) in [5.41, 5.74) is 4.82. The van der Waals surface area contributed by atoms with E-state index in [1.54, 1.807) is 12.0 Å². The third kappa shape index (κ3) is 5.21. The quantitative estimate of drug-likeness (QED) is 0.670. The number of likely N-dealkylation sites (tertiary alicyclic amines) is 1. The summed E-state index contributed by atoms with van der Waals surface area (Å²) in [7, 11) is 1.71. The maximum atomic E-state index is 5.57. The van der Waals surface area contributed by atoms with E-state index in [1.807, 2.05) is 12.1 Å². The largest absolute Gasteiger partial charge is 0.497 e. The Morgan fingerprint density at radius 3 is 2.48 bits per heavy atom. The zero-order chi connectivity index (χ0) is 19.2. The standard InChI is InChI=1S/C22H29N3OS/c1-16-6-7-17(2)20(14-16)24-22(27)23-15-21(25-12-4-5-13-25)18-8-10-19(26-3)11-9-18/h6-11,14,21H,4-5,12-13,15H2,1-3H3,(H2,23,24,27)/p+1/t21-/m0/s1. The molecule has 1 saturated heterocycles. The lowest BCUT2D eigenvalue weighted by molar-refractivity contribution is -0.918. The Balaban J connectivity index is 1.66. The molecule has 0 unspecified atom stereocenters. The summed E-state index contributed by atoms with van der Waals surface area (Å²) in [6.07, 6.45) is 2.60. The molecule has 0 aliphatic carbocycles. The molecule has 2 aromatic rings. The number of thiocarbonyl (C=S) groups is 1. The number of rotatable bonds is 6. The average molecular weight is 385 g/mol. The molecule has 1 aliphatic heterocycles. The number of hydrogen-bond acceptors (Lipinski definition) is 2. The molecule has 27 heavy (non-hydrogen) atoms. The fourth-order valence-corrected chi connectivity index (χ4v) is 3.94. The van der Waals surface area contributed by atoms with Crippen molar-refractivity contribution in [3.8, 4) is 5.75 Å². The number of quaternary nitrogens is 1. The predicted molar refractivity (Wildman–Crippen MR) is 116 cm³/mol. The van der Waals surface area contributed by atoms with Gasteiger partial charge in [0.05, 0.1) is 26.7 Å². The molecule has 1 fully saturated rings. The van der Waals surface area contributed by atoms with Crippen LogP contribution in [-0.2, 0) is 0 Å². The average Bonchev–Trinajstić information content (AvgIpc) is 3.20. The summed E-state index contributed by atoms with van der Waals surface area (Å²) in [5, 5.41) is 7.49. The highest BCUT2D eigenvalue weighted by Crippen LogP contribution is 2.18. The van der Waals surface area contributed by atoms with Crippen molar-refractivity contribution < 1.29 is 9.64 Å². The summed E-state index contributed by atoms with van der Waals surface area (Å²) < 4.78 is 5.31. The number of ether oxygens (including phenoxy) is 1. The van der Waals surface area contributed by atoms with E-state index < -0.39 is 0 Å². The first-order valence-electron chi connectivity index (χ1n) is 9.67. The zero-order valence-corrected chi connectivity index (χ0v) is 17.3. The van der Waals surface area contributed by atoms with E-state index >= 15 is 0 Å². The van der Waals surface area contributed by atoms with Gasteiger partial charge < -0.3 is 20.3 Å². The molecule has 1 atom stereocenters. The third-order valence-electron chi connectivity index (χ3n) is 5.36. The van der Waals surface area contributed by atoms with Crippen LogP contribution in [0.1, 0.15) is 35.6 Å². The highest BCUT2D eigenvalue weighted by Gasteiger charge is 2.27. The van der Waals surface area contributed by atoms with Gasteiger partial charge in [-0.25, -0.2) is 0 Å². The molecule has 3 N–H and O–H groups in total. The number of nitrogens with one attached hydrogen (secondary N) is 3. The first kappa shape index (κ1) is 19.6. The van der Waals surface area contributed by atoms with Gasteiger partial charge in [0.25, 0.3) is 0 Å². The zero-order valence-electron chi connectivity index (χ0n) is 16.5. The van der Waals surface area contributed by atoms with Crippen LogP contribution in [0.15, 0.2) is 42.5 Å². The highest BCUT2D eigenvalue weighted by atomic mass is 32.1. The summed E-state index contributed by atoms with van der Waals surface area (Å²) in [6.45, 7) is 7.44. The number of anilines is 1. The van der Waals surface area contributed by atoms with Crippen molar-refractivity contribution in [2.75, 3.05) is 32.1 Å². The smallest absolute Gasteiger partial charge is 0.171 e. The van der Waals surface area contributed by atoms with Crippen LogP contribution >= 0.6 is 12.2 Å². The molecular weight excluding hydrogens is 354 g/mol. The summed E-state index contributed by atoms with van der Waals surface area (Å²) >= 11 is 5.57. The molecule has 0 amide bonds. The van der Waals surface area contributed by atoms with Crippen LogP contribution in [0.3, 0.4) is 0 Å². The lowest BCUT2D eigenvalue weighted by atomic mass is 10.1. The molecule has 0 aromatic heterocycles. The fraction of sp³-hybridized carbons (Fsp3) is 0.409. The Bertz CT molecular complexity index is 770. The number of hydrogen-bond donors (Lipinski definition) is 3. The molecule has 2 aromatic carbocycles. The van der Waals surface area contributed by atoms with Crippen LogP contribution in [-0.4, -0.2) is 31.9 Å². The van der Waals surface area contributed by atoms with Crippen molar-refractivity contribution in [3.05, 3.63) is 59.2 Å². The lowest BCUT2D eigenvalue weighted by Crippen LogP contribution is -3.11. The Kier molecular flexibility index (Phi) is 6.69. The first-order chi connectivity index (χ1) is 13.1. The molecule has 5 heteroatoms. The van der Waals surface area contributed by atoms with Crippen molar-refractivity contribution >= 4 is 23.0 Å². The minimum Gasteiger partial charge on any atom is -0.497 e. The first-order valence-corrected chi connectivity index (χ1v) is 10.1. The Hall–Kier alpha value is -2.11. The van der Waals surface area contributed by atoms with Crippen LogP contribution in [0.25, 0.3) is 0 Å². The van der Waals surface area contributed by atoms with Crippen molar-refractivity contribution in [3.63, 3.8) is 0 Å². The molecule has 144 valence electrons. The Morgan fingerprint density at radius 1 is 1.11 bits per heavy atom. The van der Waals surface area contributed by atoms with Gasteiger partial charge in [0.2, 0.25) is 0 Å². The number of benzene rings is 2. The molecule has 0 radical (unpaired) electrons. The molecule has 4 nitrogen and oxygen atoms in total. The monoisotopic (exact) mass is 384 g/mol. The normalized spacial score (nSPS) is 15.4. The van der Waals surface area contributed by atoms with E-state index in [4.69, 9.17) is 17.0 Å². The SMILES string of the molecule is COc1ccc([C@H](CNC(=S)Nc2cc(C)ccc2C)[NH+]2CCCC2)cc1. The summed E-state index contributed by atoms with van der Waals surface area (Å²) in [5.74, 6) is 0.897. The molecule has 3 rings (SSSR count). The van der Waals surface area contributed by atoms with Crippen LogP contribution in [0, 0.1) is 13.8 Å². The predicted octanol–water partition coefficient (Wildman–Crippen LogP) is 3.02. The third-order valence-corrected chi connectivity index (χ3v) is 5.61. The van der Waals surface area contributed by atoms with Crippen molar-refractivity contribution in [1.29, 1.82) is 0 Å². The van der Waals surface area contributed by atoms with Gasteiger partial charge in [0.15, 0.2) is 5.11 Å². The van der Waals surface area contributed by atoms with Crippen LogP contribution < -0.4 is 20.3 Å². The summed E-state index contributed by atoms with van der Waals surface area (Å²) in [4.78, 5) is 1.63. The van der Waals surface area contributed by atoms with Gasteiger partial charge in [-0.15, -0.1) is 0 Å². The van der Waals surface area contributed by atoms with Crippen LogP contribution in [0.2, 0.25) is 0 Å². The second-order valence-corrected chi connectivity index (χ2v) is 7.75. The summed E-state index contributed by atoms with van der Waals surface area (Å²) in [6, 6.07) is 15.2. The Labute approximate surface area is 167 Å². The lowest BCUT2D eigenvalue weighted by Gasteiger charge is -2.26. The number of aryl methyl sites for hydroxylation is 2. The van der Waals surface area contributed by atoms with Gasteiger partial charge in [-0.3, -0.25) is 0 Å². The minimum atomic E-state index is 0.386. The molecular formula is C22H30N3OS+. The van der Waals surface area contributed by atoms with Gasteiger partial charge in [0, 0.05) is 24.1 Å². The van der Waals surface area contributed by atoms with E-state index in [-0.39, 0.29) is 0 Å². The second-order valence-electron chi connectivity index (χ2n) is 7.34. The van der Waals surface area contributed by atoms with Gasteiger partial charge >= 0.3 is 0 Å². The molecule has 0 saturated carbocycles. The van der Waals surface area contributed by atoms with Crippen LogP contribution in [0.4, 0.5) is 5.69 Å². The van der Waals surface area contributed by atoms with Crippen molar-refractivity contribution in [2.24, 2.45) is 0 Å². The van der Waals surface area contributed by atoms with E-state index in [0.717, 1.165) is 18.0 Å². The van der Waals surface area contributed by atoms with Gasteiger partial charge in [0.1, 0.15) is 11.8 Å². The molecule has 0 bridgehead atoms. The van der Waals surface area contributed by atoms with E-state index in [1.165, 1.54) is 42.6 Å². The van der Waals surface area contributed by atoms with E-state index in [0.29, 0.717) is 11.2 Å². The second kappa shape index (κ2) is 9.20. The molecule has 1 heterocycles. The highest BCUT2D eigenvalue weighted by molar-refractivity contribution is 7.80. The maximum Gasteiger partial charge on any atom is 0.171 e.